The Hall–Kier alpha value is -1.26. The molecule has 1 aromatic carbocycles. The van der Waals surface area contributed by atoms with Crippen molar-refractivity contribution in [2.45, 2.75) is 13.0 Å². The molecule has 0 aliphatic carbocycles. The highest BCUT2D eigenvalue weighted by molar-refractivity contribution is 5.45. The summed E-state index contributed by atoms with van der Waals surface area (Å²) in [6.45, 7) is 6.21. The lowest BCUT2D eigenvalue weighted by molar-refractivity contribution is 0.0198. The van der Waals surface area contributed by atoms with Gasteiger partial charge in [0.1, 0.15) is 0 Å². The lowest BCUT2D eigenvalue weighted by atomic mass is 10.1. The van der Waals surface area contributed by atoms with Crippen LogP contribution in [0.1, 0.15) is 18.5 Å². The molecule has 1 saturated heterocycles. The van der Waals surface area contributed by atoms with Crippen LogP contribution >= 0.6 is 0 Å². The summed E-state index contributed by atoms with van der Waals surface area (Å²) in [5.41, 5.74) is 1.27. The smallest absolute Gasteiger partial charge is 0.231 e. The first kappa shape index (κ1) is 10.9. The third-order valence-electron chi connectivity index (χ3n) is 3.47. The molecule has 1 fully saturated rings. The van der Waals surface area contributed by atoms with Crippen LogP contribution in [0.4, 0.5) is 0 Å². The zero-order valence-electron chi connectivity index (χ0n) is 10.0. The maximum atomic E-state index is 5.41. The van der Waals surface area contributed by atoms with Crippen LogP contribution in [0.25, 0.3) is 0 Å². The van der Waals surface area contributed by atoms with Gasteiger partial charge in [0.25, 0.3) is 0 Å². The average molecular weight is 235 g/mol. The van der Waals surface area contributed by atoms with E-state index in [0.29, 0.717) is 12.8 Å². The Bertz CT molecular complexity index is 402. The van der Waals surface area contributed by atoms with Crippen LogP contribution in [0, 0.1) is 0 Å². The fourth-order valence-corrected chi connectivity index (χ4v) is 2.35. The monoisotopic (exact) mass is 235 g/mol. The van der Waals surface area contributed by atoms with E-state index in [9.17, 15) is 0 Å². The van der Waals surface area contributed by atoms with E-state index in [1.807, 2.05) is 6.07 Å². The summed E-state index contributed by atoms with van der Waals surface area (Å²) in [6.07, 6.45) is 0. The first-order valence-electron chi connectivity index (χ1n) is 6.06. The SMILES string of the molecule is CC(c1ccc2c(c1)OCO2)N1CCOCC1. The maximum absolute atomic E-state index is 5.41. The van der Waals surface area contributed by atoms with Gasteiger partial charge < -0.3 is 14.2 Å². The number of fused-ring (bicyclic) bond motifs is 1. The van der Waals surface area contributed by atoms with Gasteiger partial charge in [-0.05, 0) is 24.6 Å². The van der Waals surface area contributed by atoms with Crippen LogP contribution in [-0.2, 0) is 4.74 Å². The van der Waals surface area contributed by atoms with Crippen LogP contribution in [0.3, 0.4) is 0 Å². The summed E-state index contributed by atoms with van der Waals surface area (Å²) in [7, 11) is 0. The molecule has 1 atom stereocenters. The number of hydrogen-bond acceptors (Lipinski definition) is 4. The lowest BCUT2D eigenvalue weighted by Gasteiger charge is -2.32. The number of morpholine rings is 1. The zero-order valence-corrected chi connectivity index (χ0v) is 10.0. The topological polar surface area (TPSA) is 30.9 Å². The van der Waals surface area contributed by atoms with Gasteiger partial charge in [0.2, 0.25) is 6.79 Å². The zero-order chi connectivity index (χ0) is 11.7. The highest BCUT2D eigenvalue weighted by Gasteiger charge is 2.21. The molecule has 0 saturated carbocycles. The van der Waals surface area contributed by atoms with E-state index in [4.69, 9.17) is 14.2 Å². The largest absolute Gasteiger partial charge is 0.454 e. The fraction of sp³-hybridized carbons (Fsp3) is 0.538. The molecule has 3 rings (SSSR count). The molecule has 17 heavy (non-hydrogen) atoms. The Kier molecular flexibility index (Phi) is 2.91. The molecule has 2 aliphatic heterocycles. The predicted octanol–water partition coefficient (Wildman–Crippen LogP) is 1.81. The second-order valence-electron chi connectivity index (χ2n) is 4.44. The minimum absolute atomic E-state index is 0.338. The molecule has 2 aliphatic rings. The third kappa shape index (κ3) is 2.10. The Morgan fingerprint density at radius 3 is 2.71 bits per heavy atom. The molecular formula is C13H17NO3. The predicted molar refractivity (Wildman–Crippen MR) is 63.4 cm³/mol. The van der Waals surface area contributed by atoms with E-state index in [0.717, 1.165) is 37.8 Å². The van der Waals surface area contributed by atoms with E-state index in [-0.39, 0.29) is 0 Å². The minimum atomic E-state index is 0.338. The third-order valence-corrected chi connectivity index (χ3v) is 3.47. The molecule has 4 nitrogen and oxygen atoms in total. The van der Waals surface area contributed by atoms with Crippen molar-refractivity contribution in [3.8, 4) is 11.5 Å². The summed E-state index contributed by atoms with van der Waals surface area (Å²) in [5, 5.41) is 0. The molecule has 1 unspecified atom stereocenters. The van der Waals surface area contributed by atoms with Crippen LogP contribution in [0.2, 0.25) is 0 Å². The van der Waals surface area contributed by atoms with Gasteiger partial charge in [-0.1, -0.05) is 6.07 Å². The van der Waals surface area contributed by atoms with Gasteiger partial charge in [-0.25, -0.2) is 0 Å². The van der Waals surface area contributed by atoms with Crippen molar-refractivity contribution >= 4 is 0 Å². The molecule has 0 aromatic heterocycles. The van der Waals surface area contributed by atoms with Gasteiger partial charge in [0.05, 0.1) is 13.2 Å². The van der Waals surface area contributed by atoms with E-state index >= 15 is 0 Å². The van der Waals surface area contributed by atoms with Gasteiger partial charge in [0.15, 0.2) is 11.5 Å². The van der Waals surface area contributed by atoms with Gasteiger partial charge >= 0.3 is 0 Å². The molecule has 2 heterocycles. The molecule has 0 radical (unpaired) electrons. The van der Waals surface area contributed by atoms with Gasteiger partial charge in [-0.15, -0.1) is 0 Å². The molecule has 92 valence electrons. The Balaban J connectivity index is 1.78. The Labute approximate surface area is 101 Å². The number of benzene rings is 1. The molecule has 0 N–H and O–H groups in total. The van der Waals surface area contributed by atoms with Gasteiger partial charge in [-0.2, -0.15) is 0 Å². The molecule has 0 amide bonds. The van der Waals surface area contributed by atoms with Crippen molar-refractivity contribution in [1.82, 2.24) is 4.90 Å². The summed E-state index contributed by atoms with van der Waals surface area (Å²) in [5.74, 6) is 1.71. The normalized spacial score (nSPS) is 21.5. The van der Waals surface area contributed by atoms with Crippen LogP contribution in [0.5, 0.6) is 11.5 Å². The fourth-order valence-electron chi connectivity index (χ4n) is 2.35. The summed E-state index contributed by atoms with van der Waals surface area (Å²) in [6, 6.07) is 6.60. The average Bonchev–Trinajstić information content (AvgIpc) is 2.86. The van der Waals surface area contributed by atoms with Gasteiger partial charge in [-0.3, -0.25) is 4.90 Å². The lowest BCUT2D eigenvalue weighted by Crippen LogP contribution is -2.37. The molecule has 0 spiro atoms. The number of hydrogen-bond donors (Lipinski definition) is 0. The number of rotatable bonds is 2. The Morgan fingerprint density at radius 2 is 1.88 bits per heavy atom. The van der Waals surface area contributed by atoms with Crippen molar-refractivity contribution < 1.29 is 14.2 Å². The van der Waals surface area contributed by atoms with E-state index in [1.54, 1.807) is 0 Å². The van der Waals surface area contributed by atoms with Crippen molar-refractivity contribution in [3.05, 3.63) is 23.8 Å². The second-order valence-corrected chi connectivity index (χ2v) is 4.44. The van der Waals surface area contributed by atoms with Crippen LogP contribution < -0.4 is 9.47 Å². The maximum Gasteiger partial charge on any atom is 0.231 e. The Morgan fingerprint density at radius 1 is 1.12 bits per heavy atom. The molecule has 1 aromatic rings. The number of ether oxygens (including phenoxy) is 3. The summed E-state index contributed by atoms with van der Waals surface area (Å²) < 4.78 is 16.1. The minimum Gasteiger partial charge on any atom is -0.454 e. The van der Waals surface area contributed by atoms with E-state index in [1.165, 1.54) is 5.56 Å². The van der Waals surface area contributed by atoms with Gasteiger partial charge in [0, 0.05) is 19.1 Å². The van der Waals surface area contributed by atoms with Crippen molar-refractivity contribution in [3.63, 3.8) is 0 Å². The van der Waals surface area contributed by atoms with Crippen LogP contribution in [-0.4, -0.2) is 38.0 Å². The standard InChI is InChI=1S/C13H17NO3/c1-10(14-4-6-15-7-5-14)11-2-3-12-13(8-11)17-9-16-12/h2-3,8,10H,4-7,9H2,1H3. The molecular weight excluding hydrogens is 218 g/mol. The van der Waals surface area contributed by atoms with Crippen LogP contribution in [0.15, 0.2) is 18.2 Å². The highest BCUT2D eigenvalue weighted by Crippen LogP contribution is 2.35. The first-order chi connectivity index (χ1) is 8.34. The highest BCUT2D eigenvalue weighted by atomic mass is 16.7. The van der Waals surface area contributed by atoms with Crippen molar-refractivity contribution in [1.29, 1.82) is 0 Å². The second kappa shape index (κ2) is 4.55. The molecule has 4 heteroatoms. The summed E-state index contributed by atoms with van der Waals surface area (Å²) in [4.78, 5) is 2.43. The van der Waals surface area contributed by atoms with E-state index in [2.05, 4.69) is 24.0 Å². The number of nitrogens with zero attached hydrogens (tertiary/aromatic N) is 1. The first-order valence-corrected chi connectivity index (χ1v) is 6.06. The van der Waals surface area contributed by atoms with E-state index < -0.39 is 0 Å². The van der Waals surface area contributed by atoms with Crippen molar-refractivity contribution in [2.75, 3.05) is 33.1 Å². The quantitative estimate of drug-likeness (QED) is 0.782. The molecule has 0 bridgehead atoms. The van der Waals surface area contributed by atoms with Crippen molar-refractivity contribution in [2.24, 2.45) is 0 Å². The summed E-state index contributed by atoms with van der Waals surface area (Å²) >= 11 is 0.